The molecule has 6 heteroatoms. The first kappa shape index (κ1) is 9.82. The number of aromatic nitrogens is 2. The Kier molecular flexibility index (Phi) is 2.66. The molecule has 1 unspecified atom stereocenters. The van der Waals surface area contributed by atoms with Crippen LogP contribution in [0.4, 0.5) is 0 Å². The average Bonchev–Trinajstić information content (AvgIpc) is 2.40. The van der Waals surface area contributed by atoms with Gasteiger partial charge in [-0.25, -0.2) is 9.35 Å². The van der Waals surface area contributed by atoms with Crippen LogP contribution in [0, 0.1) is 0 Å². The van der Waals surface area contributed by atoms with Gasteiger partial charge in [-0.05, 0) is 25.6 Å². The number of hydrogen-bond donors (Lipinski definition) is 1. The van der Waals surface area contributed by atoms with Gasteiger partial charge in [-0.15, -0.1) is 0 Å². The maximum Gasteiger partial charge on any atom is 0.164 e. The van der Waals surface area contributed by atoms with Gasteiger partial charge in [0.1, 0.15) is 11.0 Å². The minimum absolute atomic E-state index is 0.461. The fourth-order valence-electron chi connectivity index (χ4n) is 1.49. The van der Waals surface area contributed by atoms with E-state index in [0.717, 1.165) is 25.3 Å². The van der Waals surface area contributed by atoms with E-state index >= 15 is 0 Å². The minimum Gasteiger partial charge on any atom is -0.297 e. The van der Waals surface area contributed by atoms with Gasteiger partial charge in [0, 0.05) is 13.6 Å². The van der Waals surface area contributed by atoms with E-state index in [9.17, 15) is 4.21 Å². The van der Waals surface area contributed by atoms with Crippen molar-refractivity contribution >= 4 is 11.0 Å². The Morgan fingerprint density at radius 3 is 2.79 bits per heavy atom. The van der Waals surface area contributed by atoms with E-state index in [1.807, 2.05) is 13.1 Å². The average molecular weight is 214 g/mol. The van der Waals surface area contributed by atoms with Crippen LogP contribution in [-0.2, 0) is 24.6 Å². The molecule has 2 N–H and O–H groups in total. The SMILES string of the molecule is Cn1nc(S(N)=O)cc1CN1CCC1. The number of aryl methyl sites for hydroxylation is 1. The standard InChI is InChI=1S/C8H14N4OS/c1-11-7(6-12-3-2-4-12)5-8(10-11)14(9)13/h5H,2-4,6,9H2,1H3. The molecule has 78 valence electrons. The third-order valence-corrected chi connectivity index (χ3v) is 3.11. The highest BCUT2D eigenvalue weighted by molar-refractivity contribution is 7.82. The predicted molar refractivity (Wildman–Crippen MR) is 53.7 cm³/mol. The van der Waals surface area contributed by atoms with Gasteiger partial charge >= 0.3 is 0 Å². The minimum atomic E-state index is -1.47. The summed E-state index contributed by atoms with van der Waals surface area (Å²) in [5.41, 5.74) is 1.07. The molecule has 1 aliphatic rings. The second-order valence-corrected chi connectivity index (χ2v) is 4.54. The van der Waals surface area contributed by atoms with Crippen molar-refractivity contribution in [1.29, 1.82) is 0 Å². The highest BCUT2D eigenvalue weighted by Gasteiger charge is 2.17. The van der Waals surface area contributed by atoms with Crippen LogP contribution in [0.5, 0.6) is 0 Å². The molecule has 0 bridgehead atoms. The van der Waals surface area contributed by atoms with Crippen LogP contribution in [0.3, 0.4) is 0 Å². The lowest BCUT2D eigenvalue weighted by Gasteiger charge is -2.30. The van der Waals surface area contributed by atoms with Crippen molar-refractivity contribution in [2.75, 3.05) is 13.1 Å². The number of likely N-dealkylation sites (tertiary alicyclic amines) is 1. The first-order chi connectivity index (χ1) is 6.66. The summed E-state index contributed by atoms with van der Waals surface area (Å²) in [4.78, 5) is 2.32. The van der Waals surface area contributed by atoms with Crippen LogP contribution in [0.1, 0.15) is 12.1 Å². The lowest BCUT2D eigenvalue weighted by atomic mass is 10.2. The number of hydrogen-bond acceptors (Lipinski definition) is 3. The van der Waals surface area contributed by atoms with Gasteiger partial charge in [0.05, 0.1) is 5.69 Å². The van der Waals surface area contributed by atoms with Gasteiger partial charge in [-0.1, -0.05) is 0 Å². The van der Waals surface area contributed by atoms with E-state index in [4.69, 9.17) is 5.14 Å². The Bertz CT molecular complexity index is 358. The Morgan fingerprint density at radius 2 is 2.36 bits per heavy atom. The molecule has 0 radical (unpaired) electrons. The summed E-state index contributed by atoms with van der Waals surface area (Å²) in [5, 5.41) is 9.80. The summed E-state index contributed by atoms with van der Waals surface area (Å²) in [5.74, 6) is 0. The second-order valence-electron chi connectivity index (χ2n) is 3.52. The first-order valence-corrected chi connectivity index (χ1v) is 5.79. The largest absolute Gasteiger partial charge is 0.297 e. The first-order valence-electron chi connectivity index (χ1n) is 4.58. The van der Waals surface area contributed by atoms with E-state index < -0.39 is 11.0 Å². The summed E-state index contributed by atoms with van der Waals surface area (Å²) in [6, 6.07) is 1.81. The normalized spacial score (nSPS) is 19.3. The molecule has 1 aromatic rings. The third-order valence-electron chi connectivity index (χ3n) is 2.49. The van der Waals surface area contributed by atoms with Crippen molar-refractivity contribution in [2.24, 2.45) is 12.2 Å². The van der Waals surface area contributed by atoms with Crippen molar-refractivity contribution in [3.63, 3.8) is 0 Å². The molecule has 1 fully saturated rings. The summed E-state index contributed by atoms with van der Waals surface area (Å²) in [7, 11) is 0.385. The molecule has 2 rings (SSSR count). The van der Waals surface area contributed by atoms with Gasteiger partial charge < -0.3 is 0 Å². The van der Waals surface area contributed by atoms with Crippen LogP contribution in [0.25, 0.3) is 0 Å². The molecule has 5 nitrogen and oxygen atoms in total. The molecule has 14 heavy (non-hydrogen) atoms. The molecular formula is C8H14N4OS. The smallest absolute Gasteiger partial charge is 0.164 e. The Balaban J connectivity index is 2.12. The maximum absolute atomic E-state index is 11.0. The van der Waals surface area contributed by atoms with Crippen molar-refractivity contribution in [1.82, 2.24) is 14.7 Å². The molecule has 1 aromatic heterocycles. The topological polar surface area (TPSA) is 64.2 Å². The molecule has 2 heterocycles. The van der Waals surface area contributed by atoms with Gasteiger partial charge in [-0.2, -0.15) is 5.10 Å². The van der Waals surface area contributed by atoms with Crippen molar-refractivity contribution in [2.45, 2.75) is 18.0 Å². The number of nitrogens with two attached hydrogens (primary N) is 1. The fraction of sp³-hybridized carbons (Fsp3) is 0.625. The molecule has 0 aromatic carbocycles. The Morgan fingerprint density at radius 1 is 1.64 bits per heavy atom. The lowest BCUT2D eigenvalue weighted by Crippen LogP contribution is -2.36. The zero-order chi connectivity index (χ0) is 10.1. The van der Waals surface area contributed by atoms with Crippen molar-refractivity contribution in [3.8, 4) is 0 Å². The monoisotopic (exact) mass is 214 g/mol. The molecule has 1 atom stereocenters. The predicted octanol–water partition coefficient (Wildman–Crippen LogP) is -0.393. The van der Waals surface area contributed by atoms with E-state index in [0.29, 0.717) is 5.03 Å². The van der Waals surface area contributed by atoms with Crippen LogP contribution < -0.4 is 5.14 Å². The van der Waals surface area contributed by atoms with E-state index in [1.54, 1.807) is 4.68 Å². The molecule has 1 saturated heterocycles. The van der Waals surface area contributed by atoms with Crippen LogP contribution in [0.2, 0.25) is 0 Å². The van der Waals surface area contributed by atoms with Crippen LogP contribution in [0.15, 0.2) is 11.1 Å². The Labute approximate surface area is 85.5 Å². The molecule has 0 saturated carbocycles. The second kappa shape index (κ2) is 3.80. The highest BCUT2D eigenvalue weighted by Crippen LogP contribution is 2.13. The van der Waals surface area contributed by atoms with E-state index in [-0.39, 0.29) is 0 Å². The summed E-state index contributed by atoms with van der Waals surface area (Å²) in [6.07, 6.45) is 1.27. The van der Waals surface area contributed by atoms with E-state index in [1.165, 1.54) is 6.42 Å². The van der Waals surface area contributed by atoms with Gasteiger partial charge in [0.25, 0.3) is 0 Å². The maximum atomic E-state index is 11.0. The van der Waals surface area contributed by atoms with Crippen molar-refractivity contribution in [3.05, 3.63) is 11.8 Å². The molecular weight excluding hydrogens is 200 g/mol. The summed E-state index contributed by atoms with van der Waals surface area (Å²) >= 11 is 0. The number of rotatable bonds is 3. The van der Waals surface area contributed by atoms with Crippen LogP contribution >= 0.6 is 0 Å². The van der Waals surface area contributed by atoms with E-state index in [2.05, 4.69) is 10.00 Å². The van der Waals surface area contributed by atoms with Crippen molar-refractivity contribution < 1.29 is 4.21 Å². The summed E-state index contributed by atoms with van der Waals surface area (Å²) in [6.45, 7) is 3.17. The fourth-order valence-corrected chi connectivity index (χ4v) is 1.95. The number of nitrogens with zero attached hydrogens (tertiary/aromatic N) is 3. The van der Waals surface area contributed by atoms with Crippen LogP contribution in [-0.4, -0.2) is 32.0 Å². The lowest BCUT2D eigenvalue weighted by molar-refractivity contribution is 0.168. The summed E-state index contributed by atoms with van der Waals surface area (Å²) < 4.78 is 12.7. The Hall–Kier alpha value is -0.720. The molecule has 0 amide bonds. The third kappa shape index (κ3) is 1.87. The van der Waals surface area contributed by atoms with Gasteiger partial charge in [-0.3, -0.25) is 9.58 Å². The molecule has 0 aliphatic carbocycles. The molecule has 1 aliphatic heterocycles. The molecule has 0 spiro atoms. The van der Waals surface area contributed by atoms with Gasteiger partial charge in [0.15, 0.2) is 5.03 Å². The van der Waals surface area contributed by atoms with Gasteiger partial charge in [0.2, 0.25) is 0 Å². The zero-order valence-electron chi connectivity index (χ0n) is 8.14. The highest BCUT2D eigenvalue weighted by atomic mass is 32.2. The zero-order valence-corrected chi connectivity index (χ0v) is 8.96. The quantitative estimate of drug-likeness (QED) is 0.745.